The molecule has 1 N–H and O–H groups in total. The van der Waals surface area contributed by atoms with Crippen molar-refractivity contribution in [2.45, 2.75) is 32.8 Å². The zero-order valence-corrected chi connectivity index (χ0v) is 14.3. The van der Waals surface area contributed by atoms with Crippen LogP contribution in [0.2, 0.25) is 5.02 Å². The van der Waals surface area contributed by atoms with Crippen molar-refractivity contribution >= 4 is 17.5 Å². The third kappa shape index (κ3) is 5.29. The Morgan fingerprint density at radius 2 is 1.96 bits per heavy atom. The second-order valence-corrected chi connectivity index (χ2v) is 5.86. The highest BCUT2D eigenvalue weighted by Crippen LogP contribution is 2.22. The molecule has 0 spiro atoms. The van der Waals surface area contributed by atoms with E-state index in [1.165, 1.54) is 5.56 Å². The maximum absolute atomic E-state index is 12.3. The molecule has 4 heteroatoms. The zero-order chi connectivity index (χ0) is 16.7. The summed E-state index contributed by atoms with van der Waals surface area (Å²) in [5.41, 5.74) is 2.14. The largest absolute Gasteiger partial charge is 0.481 e. The Morgan fingerprint density at radius 1 is 1.22 bits per heavy atom. The monoisotopic (exact) mass is 331 g/mol. The Morgan fingerprint density at radius 3 is 2.61 bits per heavy atom. The average molecular weight is 332 g/mol. The van der Waals surface area contributed by atoms with Crippen LogP contribution in [0.25, 0.3) is 0 Å². The molecule has 1 atom stereocenters. The van der Waals surface area contributed by atoms with E-state index >= 15 is 0 Å². The van der Waals surface area contributed by atoms with E-state index in [0.717, 1.165) is 12.0 Å². The van der Waals surface area contributed by atoms with E-state index in [1.807, 2.05) is 38.1 Å². The molecule has 0 fully saturated rings. The maximum atomic E-state index is 12.3. The predicted molar refractivity (Wildman–Crippen MR) is 94.1 cm³/mol. The summed E-state index contributed by atoms with van der Waals surface area (Å²) in [5.74, 6) is 0.577. The fraction of sp³-hybridized carbons (Fsp3) is 0.316. The minimum absolute atomic E-state index is 0.0870. The minimum Gasteiger partial charge on any atom is -0.481 e. The summed E-state index contributed by atoms with van der Waals surface area (Å²) >= 11 is 6.01. The Bertz CT molecular complexity index is 643. The van der Waals surface area contributed by atoms with Gasteiger partial charge in [0.25, 0.3) is 5.91 Å². The molecule has 0 aromatic heterocycles. The van der Waals surface area contributed by atoms with Gasteiger partial charge < -0.3 is 10.1 Å². The van der Waals surface area contributed by atoms with Gasteiger partial charge in [0.1, 0.15) is 5.75 Å². The second kappa shape index (κ2) is 8.59. The van der Waals surface area contributed by atoms with Crippen molar-refractivity contribution in [3.63, 3.8) is 0 Å². The highest BCUT2D eigenvalue weighted by Gasteiger charge is 2.18. The number of hydrogen-bond donors (Lipinski definition) is 1. The molecular weight excluding hydrogens is 310 g/mol. The molecule has 1 amide bonds. The van der Waals surface area contributed by atoms with Crippen LogP contribution in [-0.2, 0) is 11.2 Å². The van der Waals surface area contributed by atoms with Gasteiger partial charge in [0.2, 0.25) is 0 Å². The normalized spacial score (nSPS) is 11.8. The van der Waals surface area contributed by atoms with Gasteiger partial charge in [-0.05, 0) is 49.1 Å². The van der Waals surface area contributed by atoms with Gasteiger partial charge in [-0.1, -0.05) is 48.9 Å². The number of carbonyl (C=O) groups excluding carboxylic acids is 1. The lowest BCUT2D eigenvalue weighted by molar-refractivity contribution is -0.128. The van der Waals surface area contributed by atoms with E-state index in [2.05, 4.69) is 17.4 Å². The number of benzene rings is 2. The lowest BCUT2D eigenvalue weighted by Gasteiger charge is -2.18. The maximum Gasteiger partial charge on any atom is 0.261 e. The van der Waals surface area contributed by atoms with E-state index in [0.29, 0.717) is 23.7 Å². The number of aryl methyl sites for hydroxylation is 1. The number of rotatable bonds is 7. The molecular formula is C19H22ClNO2. The lowest BCUT2D eigenvalue weighted by Crippen LogP contribution is -2.38. The number of halogens is 1. The molecule has 0 bridgehead atoms. The summed E-state index contributed by atoms with van der Waals surface area (Å²) < 4.78 is 5.79. The smallest absolute Gasteiger partial charge is 0.261 e. The molecule has 0 saturated carbocycles. The van der Waals surface area contributed by atoms with E-state index in [4.69, 9.17) is 16.3 Å². The fourth-order valence-electron chi connectivity index (χ4n) is 2.27. The molecule has 0 unspecified atom stereocenters. The Balaban J connectivity index is 1.86. The fourth-order valence-corrected chi connectivity index (χ4v) is 2.38. The number of hydrogen-bond acceptors (Lipinski definition) is 2. The molecule has 3 nitrogen and oxygen atoms in total. The Labute approximate surface area is 142 Å². The third-order valence-corrected chi connectivity index (χ3v) is 4.05. The topological polar surface area (TPSA) is 38.3 Å². The molecule has 23 heavy (non-hydrogen) atoms. The molecule has 2 aromatic rings. The van der Waals surface area contributed by atoms with Crippen LogP contribution in [0.1, 0.15) is 24.5 Å². The first kappa shape index (κ1) is 17.4. The summed E-state index contributed by atoms with van der Waals surface area (Å²) in [4.78, 5) is 12.3. The molecule has 0 heterocycles. The molecule has 0 aliphatic heterocycles. The molecule has 0 saturated heterocycles. The van der Waals surface area contributed by atoms with Gasteiger partial charge in [-0.15, -0.1) is 0 Å². The summed E-state index contributed by atoms with van der Waals surface area (Å²) in [6, 6.07) is 15.5. The van der Waals surface area contributed by atoms with Gasteiger partial charge in [0.15, 0.2) is 6.10 Å². The van der Waals surface area contributed by atoms with Crippen molar-refractivity contribution in [1.29, 1.82) is 0 Å². The molecule has 2 rings (SSSR count). The van der Waals surface area contributed by atoms with Crippen LogP contribution in [0, 0.1) is 6.92 Å². The van der Waals surface area contributed by atoms with Gasteiger partial charge in [0.05, 0.1) is 0 Å². The molecule has 0 aliphatic rings. The molecule has 0 aliphatic carbocycles. The summed E-state index contributed by atoms with van der Waals surface area (Å²) in [5, 5.41) is 3.63. The highest BCUT2D eigenvalue weighted by atomic mass is 35.5. The van der Waals surface area contributed by atoms with Crippen LogP contribution < -0.4 is 10.1 Å². The third-order valence-electron chi connectivity index (χ3n) is 3.63. The second-order valence-electron chi connectivity index (χ2n) is 5.45. The van der Waals surface area contributed by atoms with Crippen LogP contribution in [-0.4, -0.2) is 18.6 Å². The minimum atomic E-state index is -0.494. The van der Waals surface area contributed by atoms with Crippen molar-refractivity contribution in [2.75, 3.05) is 6.54 Å². The number of amides is 1. The van der Waals surface area contributed by atoms with Gasteiger partial charge in [-0.2, -0.15) is 0 Å². The first-order valence-corrected chi connectivity index (χ1v) is 8.22. The first-order valence-electron chi connectivity index (χ1n) is 7.84. The van der Waals surface area contributed by atoms with Crippen LogP contribution in [0.5, 0.6) is 5.75 Å². The predicted octanol–water partition coefficient (Wildman–Crippen LogP) is 4.16. The van der Waals surface area contributed by atoms with Crippen molar-refractivity contribution in [2.24, 2.45) is 0 Å². The molecule has 0 radical (unpaired) electrons. The van der Waals surface area contributed by atoms with Gasteiger partial charge in [0, 0.05) is 11.6 Å². The van der Waals surface area contributed by atoms with Crippen LogP contribution in [0.3, 0.4) is 0 Å². The summed E-state index contributed by atoms with van der Waals surface area (Å²) in [7, 11) is 0. The van der Waals surface area contributed by atoms with Crippen LogP contribution in [0.15, 0.2) is 48.5 Å². The van der Waals surface area contributed by atoms with Gasteiger partial charge in [-0.3, -0.25) is 4.79 Å². The molecule has 2 aromatic carbocycles. The Hall–Kier alpha value is -2.00. The number of ether oxygens (including phenoxy) is 1. The quantitative estimate of drug-likeness (QED) is 0.827. The number of nitrogens with one attached hydrogen (secondary N) is 1. The van der Waals surface area contributed by atoms with Crippen LogP contribution in [0.4, 0.5) is 0 Å². The Kier molecular flexibility index (Phi) is 6.48. The highest BCUT2D eigenvalue weighted by molar-refractivity contribution is 6.31. The van der Waals surface area contributed by atoms with Crippen molar-refractivity contribution in [3.8, 4) is 5.75 Å². The van der Waals surface area contributed by atoms with Gasteiger partial charge >= 0.3 is 0 Å². The molecule has 122 valence electrons. The van der Waals surface area contributed by atoms with E-state index in [9.17, 15) is 4.79 Å². The zero-order valence-electron chi connectivity index (χ0n) is 13.5. The SMILES string of the molecule is CC[C@H](Oc1ccc(Cl)c(C)c1)C(=O)NCCc1ccccc1. The average Bonchev–Trinajstić information content (AvgIpc) is 2.56. The lowest BCUT2D eigenvalue weighted by atomic mass is 10.1. The van der Waals surface area contributed by atoms with Crippen molar-refractivity contribution < 1.29 is 9.53 Å². The summed E-state index contributed by atoms with van der Waals surface area (Å²) in [6.07, 6.45) is 0.924. The standard InChI is InChI=1S/C19H22ClNO2/c1-3-18(23-16-9-10-17(20)14(2)13-16)19(22)21-12-11-15-7-5-4-6-8-15/h4-10,13,18H,3,11-12H2,1-2H3,(H,21,22)/t18-/m0/s1. The van der Waals surface area contributed by atoms with Crippen molar-refractivity contribution in [1.82, 2.24) is 5.32 Å². The summed E-state index contributed by atoms with van der Waals surface area (Å²) in [6.45, 7) is 4.45. The van der Waals surface area contributed by atoms with E-state index in [-0.39, 0.29) is 5.91 Å². The van der Waals surface area contributed by atoms with Crippen molar-refractivity contribution in [3.05, 3.63) is 64.7 Å². The van der Waals surface area contributed by atoms with E-state index in [1.54, 1.807) is 12.1 Å². The van der Waals surface area contributed by atoms with Crippen LogP contribution >= 0.6 is 11.6 Å². The van der Waals surface area contributed by atoms with Gasteiger partial charge in [-0.25, -0.2) is 0 Å². The first-order chi connectivity index (χ1) is 11.1. The number of carbonyl (C=O) groups is 1. The van der Waals surface area contributed by atoms with E-state index < -0.39 is 6.10 Å².